The van der Waals surface area contributed by atoms with Crippen LogP contribution in [0, 0.1) is 6.92 Å². The van der Waals surface area contributed by atoms with Crippen LogP contribution < -0.4 is 4.74 Å². The number of aromatic nitrogens is 1. The second-order valence-electron chi connectivity index (χ2n) is 6.00. The molecule has 0 N–H and O–H groups in total. The summed E-state index contributed by atoms with van der Waals surface area (Å²) < 4.78 is 10.7. The van der Waals surface area contributed by atoms with Crippen molar-refractivity contribution in [3.8, 4) is 16.9 Å². The molecule has 0 saturated heterocycles. The molecule has 0 aliphatic carbocycles. The van der Waals surface area contributed by atoms with E-state index in [9.17, 15) is 4.79 Å². The van der Waals surface area contributed by atoms with Crippen LogP contribution in [0.3, 0.4) is 0 Å². The second-order valence-corrected chi connectivity index (χ2v) is 6.36. The van der Waals surface area contributed by atoms with Gasteiger partial charge >= 0.3 is 5.97 Å². The van der Waals surface area contributed by atoms with E-state index in [0.29, 0.717) is 17.5 Å². The van der Waals surface area contributed by atoms with E-state index in [1.807, 2.05) is 58.0 Å². The van der Waals surface area contributed by atoms with Crippen LogP contribution in [0.25, 0.3) is 21.9 Å². The lowest BCUT2D eigenvalue weighted by atomic mass is 9.97. The Balaban J connectivity index is 0.00000106. The van der Waals surface area contributed by atoms with E-state index >= 15 is 0 Å². The Morgan fingerprint density at radius 2 is 1.70 bits per heavy atom. The number of benzene rings is 2. The van der Waals surface area contributed by atoms with Crippen molar-refractivity contribution >= 4 is 28.3 Å². The van der Waals surface area contributed by atoms with Crippen LogP contribution in [0.1, 0.15) is 47.1 Å². The van der Waals surface area contributed by atoms with Gasteiger partial charge in [0.15, 0.2) is 6.10 Å². The zero-order chi connectivity index (χ0) is 22.7. The summed E-state index contributed by atoms with van der Waals surface area (Å²) in [4.78, 5) is 16.1. The predicted octanol–water partition coefficient (Wildman–Crippen LogP) is 7.25. The van der Waals surface area contributed by atoms with E-state index in [4.69, 9.17) is 21.1 Å². The molecule has 1 unspecified atom stereocenters. The average molecular weight is 430 g/mol. The summed E-state index contributed by atoms with van der Waals surface area (Å²) in [5.74, 6) is 0.147. The molecule has 0 radical (unpaired) electrons. The molecule has 162 valence electrons. The van der Waals surface area contributed by atoms with Gasteiger partial charge in [-0.25, -0.2) is 9.78 Å². The third-order valence-corrected chi connectivity index (χ3v) is 4.48. The lowest BCUT2D eigenvalue weighted by molar-refractivity contribution is -0.150. The van der Waals surface area contributed by atoms with Crippen LogP contribution in [-0.4, -0.2) is 23.7 Å². The number of pyridine rings is 1. The zero-order valence-electron chi connectivity index (χ0n) is 19.0. The van der Waals surface area contributed by atoms with Crippen molar-refractivity contribution in [2.24, 2.45) is 0 Å². The molecule has 30 heavy (non-hydrogen) atoms. The highest BCUT2D eigenvalue weighted by Gasteiger charge is 2.17. The number of hydrogen-bond donors (Lipinski definition) is 0. The number of nitrogens with zero attached hydrogens (tertiary/aromatic N) is 1. The summed E-state index contributed by atoms with van der Waals surface area (Å²) in [6.45, 7) is 13.8. The van der Waals surface area contributed by atoms with Crippen LogP contribution in [-0.2, 0) is 9.53 Å². The molecule has 3 aromatic rings. The molecule has 1 aromatic heterocycles. The Morgan fingerprint density at radius 3 is 2.33 bits per heavy atom. The van der Waals surface area contributed by atoms with Crippen molar-refractivity contribution in [2.45, 2.75) is 54.6 Å². The molecular weight excluding hydrogens is 398 g/mol. The molecule has 5 heteroatoms. The summed E-state index contributed by atoms with van der Waals surface area (Å²) >= 11 is 6.32. The maximum atomic E-state index is 11.8. The molecule has 0 bridgehead atoms. The van der Waals surface area contributed by atoms with Gasteiger partial charge in [-0.05, 0) is 55.5 Å². The molecule has 2 aromatic carbocycles. The number of carbonyl (C=O) groups is 1. The molecular formula is C25H32ClNO3. The first-order valence-electron chi connectivity index (χ1n) is 10.5. The molecule has 0 aliphatic rings. The van der Waals surface area contributed by atoms with Gasteiger partial charge in [0.25, 0.3) is 0 Å². The SMILES string of the molecule is CC.CC.CCOC(=O)C(C)Oc1ccc2c(-c3ccccc3C)cnc(Cl)c2c1. The van der Waals surface area contributed by atoms with Crippen LogP contribution >= 0.6 is 11.6 Å². The third kappa shape index (κ3) is 6.20. The Kier molecular flexibility index (Phi) is 10.9. The van der Waals surface area contributed by atoms with Gasteiger partial charge in [-0.1, -0.05) is 63.6 Å². The van der Waals surface area contributed by atoms with E-state index in [2.05, 4.69) is 24.0 Å². The normalized spacial score (nSPS) is 10.8. The molecule has 0 fully saturated rings. The maximum absolute atomic E-state index is 11.8. The molecule has 0 amide bonds. The van der Waals surface area contributed by atoms with E-state index < -0.39 is 12.1 Å². The molecule has 3 rings (SSSR count). The molecule has 0 aliphatic heterocycles. The van der Waals surface area contributed by atoms with Crippen molar-refractivity contribution in [3.05, 3.63) is 59.4 Å². The standard InChI is InChI=1S/C21H20ClNO3.2C2H6/c1-4-25-21(24)14(3)26-15-9-10-17-18(11-15)20(22)23-12-19(17)16-8-6-5-7-13(16)2;2*1-2/h5-12,14H,4H2,1-3H3;2*1-2H3. The third-order valence-electron chi connectivity index (χ3n) is 4.18. The molecule has 1 atom stereocenters. The van der Waals surface area contributed by atoms with Gasteiger partial charge in [-0.15, -0.1) is 0 Å². The first-order valence-corrected chi connectivity index (χ1v) is 10.9. The topological polar surface area (TPSA) is 48.4 Å². The Labute approximate surface area is 185 Å². The van der Waals surface area contributed by atoms with Crippen LogP contribution in [0.5, 0.6) is 5.75 Å². The maximum Gasteiger partial charge on any atom is 0.347 e. The van der Waals surface area contributed by atoms with Crippen LogP contribution in [0.15, 0.2) is 48.7 Å². The number of ether oxygens (including phenoxy) is 2. The molecule has 1 heterocycles. The Hall–Kier alpha value is -2.59. The summed E-state index contributed by atoms with van der Waals surface area (Å²) in [5, 5.41) is 2.16. The average Bonchev–Trinajstić information content (AvgIpc) is 2.78. The minimum atomic E-state index is -0.696. The fourth-order valence-corrected chi connectivity index (χ4v) is 3.07. The molecule has 4 nitrogen and oxygen atoms in total. The van der Waals surface area contributed by atoms with Gasteiger partial charge in [0.05, 0.1) is 6.61 Å². The summed E-state index contributed by atoms with van der Waals surface area (Å²) in [5.41, 5.74) is 3.27. The summed E-state index contributed by atoms with van der Waals surface area (Å²) in [6.07, 6.45) is 1.09. The quantitative estimate of drug-likeness (QED) is 0.316. The molecule has 0 spiro atoms. The number of rotatable bonds is 5. The van der Waals surface area contributed by atoms with Gasteiger partial charge in [0.1, 0.15) is 10.9 Å². The zero-order valence-corrected chi connectivity index (χ0v) is 19.7. The monoisotopic (exact) mass is 429 g/mol. The number of fused-ring (bicyclic) bond motifs is 1. The van der Waals surface area contributed by atoms with Crippen molar-refractivity contribution in [3.63, 3.8) is 0 Å². The highest BCUT2D eigenvalue weighted by molar-refractivity contribution is 6.34. The summed E-state index contributed by atoms with van der Waals surface area (Å²) in [7, 11) is 0. The minimum Gasteiger partial charge on any atom is -0.479 e. The van der Waals surface area contributed by atoms with Crippen molar-refractivity contribution in [2.75, 3.05) is 6.61 Å². The van der Waals surface area contributed by atoms with Crippen molar-refractivity contribution in [1.82, 2.24) is 4.98 Å². The predicted molar refractivity (Wildman–Crippen MR) is 126 cm³/mol. The van der Waals surface area contributed by atoms with Crippen molar-refractivity contribution in [1.29, 1.82) is 0 Å². The largest absolute Gasteiger partial charge is 0.479 e. The van der Waals surface area contributed by atoms with E-state index in [-0.39, 0.29) is 0 Å². The van der Waals surface area contributed by atoms with Gasteiger partial charge in [-0.2, -0.15) is 0 Å². The van der Waals surface area contributed by atoms with Gasteiger partial charge in [0.2, 0.25) is 0 Å². The Morgan fingerprint density at radius 1 is 1.03 bits per heavy atom. The second kappa shape index (κ2) is 12.9. The molecule has 0 saturated carbocycles. The minimum absolute atomic E-state index is 0.319. The van der Waals surface area contributed by atoms with E-state index in [0.717, 1.165) is 27.5 Å². The lowest BCUT2D eigenvalue weighted by Gasteiger charge is -2.15. The van der Waals surface area contributed by atoms with E-state index in [1.165, 1.54) is 0 Å². The summed E-state index contributed by atoms with van der Waals surface area (Å²) in [6, 6.07) is 13.7. The van der Waals surface area contributed by atoms with Crippen molar-refractivity contribution < 1.29 is 14.3 Å². The highest BCUT2D eigenvalue weighted by Crippen LogP contribution is 2.35. The van der Waals surface area contributed by atoms with Crippen LogP contribution in [0.2, 0.25) is 5.15 Å². The van der Waals surface area contributed by atoms with Crippen LogP contribution in [0.4, 0.5) is 0 Å². The Bertz CT molecular complexity index is 956. The number of esters is 1. The lowest BCUT2D eigenvalue weighted by Crippen LogP contribution is -2.26. The first-order chi connectivity index (χ1) is 14.5. The first kappa shape index (κ1) is 25.4. The highest BCUT2D eigenvalue weighted by atomic mass is 35.5. The smallest absolute Gasteiger partial charge is 0.347 e. The fourth-order valence-electron chi connectivity index (χ4n) is 2.86. The van der Waals surface area contributed by atoms with Gasteiger partial charge in [0, 0.05) is 17.1 Å². The fraction of sp³-hybridized carbons (Fsp3) is 0.360. The number of aryl methyl sites for hydroxylation is 1. The van der Waals surface area contributed by atoms with Gasteiger partial charge < -0.3 is 9.47 Å². The van der Waals surface area contributed by atoms with E-state index in [1.54, 1.807) is 20.0 Å². The number of carbonyl (C=O) groups excluding carboxylic acids is 1. The number of halogens is 1. The number of hydrogen-bond acceptors (Lipinski definition) is 4. The van der Waals surface area contributed by atoms with Gasteiger partial charge in [-0.3, -0.25) is 0 Å².